The van der Waals surface area contributed by atoms with Crippen LogP contribution in [0, 0.1) is 0 Å². The van der Waals surface area contributed by atoms with E-state index in [0.717, 1.165) is 25.2 Å². The Balaban J connectivity index is 2.22. The predicted octanol–water partition coefficient (Wildman–Crippen LogP) is 1.79. The molecular weight excluding hydrogens is 274 g/mol. The van der Waals surface area contributed by atoms with Crippen molar-refractivity contribution < 1.29 is 8.42 Å². The number of hydrogen-bond acceptors (Lipinski definition) is 3. The Bertz CT molecular complexity index is 547. The highest BCUT2D eigenvalue weighted by molar-refractivity contribution is 7.89. The van der Waals surface area contributed by atoms with Crippen LogP contribution >= 0.6 is 0 Å². The van der Waals surface area contributed by atoms with Crippen molar-refractivity contribution in [3.63, 3.8) is 0 Å². The molecule has 1 saturated carbocycles. The van der Waals surface area contributed by atoms with Crippen molar-refractivity contribution in [1.29, 1.82) is 0 Å². The molecule has 0 radical (unpaired) electrons. The highest BCUT2D eigenvalue weighted by Gasteiger charge is 2.24. The van der Waals surface area contributed by atoms with E-state index in [4.69, 9.17) is 0 Å². The molecule has 0 saturated heterocycles. The monoisotopic (exact) mass is 299 g/mol. The van der Waals surface area contributed by atoms with Crippen molar-refractivity contribution in [1.82, 2.24) is 14.2 Å². The molecule has 0 amide bonds. The first-order valence-corrected chi connectivity index (χ1v) is 8.81. The molecule has 0 atom stereocenters. The lowest BCUT2D eigenvalue weighted by Crippen LogP contribution is -2.26. The van der Waals surface area contributed by atoms with E-state index in [1.54, 1.807) is 13.2 Å². The molecule has 0 unspecified atom stereocenters. The molecule has 1 aliphatic rings. The van der Waals surface area contributed by atoms with Crippen molar-refractivity contribution in [2.24, 2.45) is 0 Å². The van der Waals surface area contributed by atoms with Crippen molar-refractivity contribution >= 4 is 10.0 Å². The van der Waals surface area contributed by atoms with Crippen molar-refractivity contribution in [3.05, 3.63) is 18.0 Å². The molecule has 1 aromatic rings. The maximum absolute atomic E-state index is 12.4. The van der Waals surface area contributed by atoms with Gasteiger partial charge in [0, 0.05) is 44.6 Å². The minimum absolute atomic E-state index is 0.405. The van der Waals surface area contributed by atoms with E-state index in [-0.39, 0.29) is 0 Å². The van der Waals surface area contributed by atoms with Crippen LogP contribution in [-0.4, -0.2) is 36.9 Å². The van der Waals surface area contributed by atoms with E-state index in [1.165, 1.54) is 17.1 Å². The molecule has 0 aliphatic heterocycles. The third kappa shape index (κ3) is 3.42. The lowest BCUT2D eigenvalue weighted by atomic mass is 10.4. The summed E-state index contributed by atoms with van der Waals surface area (Å²) in [5.41, 5.74) is 1.06. The molecule has 5 nitrogen and oxygen atoms in total. The van der Waals surface area contributed by atoms with Gasteiger partial charge in [0.05, 0.1) is 0 Å². The van der Waals surface area contributed by atoms with Gasteiger partial charge < -0.3 is 9.88 Å². The lowest BCUT2D eigenvalue weighted by Gasteiger charge is -2.13. The quantitative estimate of drug-likeness (QED) is 0.796. The van der Waals surface area contributed by atoms with E-state index in [2.05, 4.69) is 16.8 Å². The number of sulfonamides is 1. The Hall–Kier alpha value is -0.850. The van der Waals surface area contributed by atoms with Gasteiger partial charge in [-0.25, -0.2) is 12.7 Å². The summed E-state index contributed by atoms with van der Waals surface area (Å²) in [6.45, 7) is 6.03. The standard InChI is InChI=1S/C14H25N3O2S/c1-4-8-17-11-14(20(18,19)16(3)5-2)9-13(17)10-15-12-6-7-12/h9,11-12,15H,4-8,10H2,1-3H3. The summed E-state index contributed by atoms with van der Waals surface area (Å²) in [4.78, 5) is 0.405. The second-order valence-electron chi connectivity index (χ2n) is 5.43. The molecule has 6 heteroatoms. The largest absolute Gasteiger partial charge is 0.349 e. The molecule has 0 aromatic carbocycles. The first kappa shape index (κ1) is 15.5. The molecule has 1 aliphatic carbocycles. The van der Waals surface area contributed by atoms with E-state index < -0.39 is 10.0 Å². The number of nitrogens with one attached hydrogen (secondary N) is 1. The number of aryl methyl sites for hydroxylation is 1. The number of aromatic nitrogens is 1. The number of hydrogen-bond donors (Lipinski definition) is 1. The molecule has 2 rings (SSSR count). The van der Waals surface area contributed by atoms with Crippen LogP contribution in [0.4, 0.5) is 0 Å². The molecule has 1 N–H and O–H groups in total. The van der Waals surface area contributed by atoms with Gasteiger partial charge in [0.1, 0.15) is 4.90 Å². The fourth-order valence-corrected chi connectivity index (χ4v) is 3.40. The van der Waals surface area contributed by atoms with Gasteiger partial charge in [-0.1, -0.05) is 13.8 Å². The summed E-state index contributed by atoms with van der Waals surface area (Å²) in [5.74, 6) is 0. The van der Waals surface area contributed by atoms with Gasteiger partial charge in [0.2, 0.25) is 10.0 Å². The zero-order valence-electron chi connectivity index (χ0n) is 12.6. The second kappa shape index (κ2) is 6.28. The van der Waals surface area contributed by atoms with Crippen molar-refractivity contribution in [2.75, 3.05) is 13.6 Å². The Morgan fingerprint density at radius 3 is 2.65 bits per heavy atom. The fourth-order valence-electron chi connectivity index (χ4n) is 2.15. The van der Waals surface area contributed by atoms with Gasteiger partial charge >= 0.3 is 0 Å². The minimum Gasteiger partial charge on any atom is -0.349 e. The Kier molecular flexibility index (Phi) is 4.88. The first-order valence-electron chi connectivity index (χ1n) is 7.37. The SMILES string of the molecule is CCCn1cc(S(=O)(=O)N(C)CC)cc1CNC1CC1. The first-order chi connectivity index (χ1) is 9.48. The summed E-state index contributed by atoms with van der Waals surface area (Å²) in [5, 5.41) is 3.45. The Morgan fingerprint density at radius 1 is 1.40 bits per heavy atom. The molecule has 1 heterocycles. The third-order valence-electron chi connectivity index (χ3n) is 3.73. The van der Waals surface area contributed by atoms with Crippen molar-refractivity contribution in [2.45, 2.75) is 57.1 Å². The van der Waals surface area contributed by atoms with Gasteiger partial charge in [-0.3, -0.25) is 0 Å². The summed E-state index contributed by atoms with van der Waals surface area (Å²) in [7, 11) is -1.73. The summed E-state index contributed by atoms with van der Waals surface area (Å²) < 4.78 is 28.2. The van der Waals surface area contributed by atoms with E-state index in [0.29, 0.717) is 17.5 Å². The van der Waals surface area contributed by atoms with E-state index >= 15 is 0 Å². The zero-order valence-corrected chi connectivity index (χ0v) is 13.4. The highest BCUT2D eigenvalue weighted by atomic mass is 32.2. The van der Waals surface area contributed by atoms with Gasteiger partial charge in [-0.05, 0) is 25.3 Å². The number of rotatable bonds is 8. The zero-order chi connectivity index (χ0) is 14.8. The van der Waals surface area contributed by atoms with Crippen LogP contribution in [0.25, 0.3) is 0 Å². The van der Waals surface area contributed by atoms with Crippen LogP contribution in [-0.2, 0) is 23.1 Å². The van der Waals surface area contributed by atoms with Crippen LogP contribution in [0.1, 0.15) is 38.8 Å². The van der Waals surface area contributed by atoms with Gasteiger partial charge in [0.15, 0.2) is 0 Å². The molecule has 1 aromatic heterocycles. The Labute approximate surface area is 122 Å². The lowest BCUT2D eigenvalue weighted by molar-refractivity contribution is 0.486. The highest BCUT2D eigenvalue weighted by Crippen LogP contribution is 2.22. The topological polar surface area (TPSA) is 54.3 Å². The molecule has 1 fully saturated rings. The molecule has 20 heavy (non-hydrogen) atoms. The fraction of sp³-hybridized carbons (Fsp3) is 0.714. The molecule has 114 valence electrons. The predicted molar refractivity (Wildman–Crippen MR) is 80.1 cm³/mol. The smallest absolute Gasteiger partial charge is 0.244 e. The van der Waals surface area contributed by atoms with E-state index in [1.807, 2.05) is 13.0 Å². The number of nitrogens with zero attached hydrogens (tertiary/aromatic N) is 2. The van der Waals surface area contributed by atoms with Gasteiger partial charge in [-0.2, -0.15) is 0 Å². The minimum atomic E-state index is -3.35. The average molecular weight is 299 g/mol. The van der Waals surface area contributed by atoms with Gasteiger partial charge in [0.25, 0.3) is 0 Å². The van der Waals surface area contributed by atoms with Gasteiger partial charge in [-0.15, -0.1) is 0 Å². The van der Waals surface area contributed by atoms with E-state index in [9.17, 15) is 8.42 Å². The third-order valence-corrected chi connectivity index (χ3v) is 5.63. The molecule has 0 spiro atoms. The summed E-state index contributed by atoms with van der Waals surface area (Å²) in [6, 6.07) is 2.44. The maximum Gasteiger partial charge on any atom is 0.244 e. The van der Waals surface area contributed by atoms with Crippen LogP contribution in [0.5, 0.6) is 0 Å². The average Bonchev–Trinajstić information content (AvgIpc) is 3.16. The second-order valence-corrected chi connectivity index (χ2v) is 7.48. The summed E-state index contributed by atoms with van der Waals surface area (Å²) in [6.07, 6.45) is 5.24. The van der Waals surface area contributed by atoms with Crippen LogP contribution < -0.4 is 5.32 Å². The van der Waals surface area contributed by atoms with Crippen LogP contribution in [0.15, 0.2) is 17.2 Å². The maximum atomic E-state index is 12.4. The molecular formula is C14H25N3O2S. The Morgan fingerprint density at radius 2 is 2.10 bits per heavy atom. The van der Waals surface area contributed by atoms with Crippen molar-refractivity contribution in [3.8, 4) is 0 Å². The summed E-state index contributed by atoms with van der Waals surface area (Å²) >= 11 is 0. The molecule has 0 bridgehead atoms. The normalized spacial score (nSPS) is 16.0. The van der Waals surface area contributed by atoms with Crippen LogP contribution in [0.3, 0.4) is 0 Å². The van der Waals surface area contributed by atoms with Crippen LogP contribution in [0.2, 0.25) is 0 Å².